The van der Waals surface area contributed by atoms with E-state index in [0.29, 0.717) is 33.2 Å². The van der Waals surface area contributed by atoms with E-state index >= 15 is 0 Å². The summed E-state index contributed by atoms with van der Waals surface area (Å²) in [5.74, 6) is 1.99. The molecule has 0 saturated heterocycles. The molecule has 1 N–H and O–H groups in total. The Labute approximate surface area is 173 Å². The van der Waals surface area contributed by atoms with Crippen molar-refractivity contribution in [3.63, 3.8) is 0 Å². The Morgan fingerprint density at radius 1 is 0.926 bits per heavy atom. The van der Waals surface area contributed by atoms with E-state index in [1.54, 1.807) is 18.2 Å². The first-order valence-electron chi connectivity index (χ1n) is 8.51. The minimum absolute atomic E-state index is 0.537. The lowest BCUT2D eigenvalue weighted by atomic mass is 10.1. The van der Waals surface area contributed by atoms with Gasteiger partial charge in [-0.05, 0) is 48.7 Å². The van der Waals surface area contributed by atoms with Gasteiger partial charge in [0.1, 0.15) is 28.7 Å². The normalized spacial score (nSPS) is 10.7. The summed E-state index contributed by atoms with van der Waals surface area (Å²) in [5, 5.41) is 4.92. The van der Waals surface area contributed by atoms with Crippen LogP contribution in [0.1, 0.15) is 18.2 Å². The number of ether oxygens (including phenoxy) is 1. The molecule has 1 aromatic heterocycles. The number of hydrogen-bond donors (Lipinski definition) is 1. The molecule has 0 saturated carbocycles. The van der Waals surface area contributed by atoms with Crippen LogP contribution in [0.15, 0.2) is 48.8 Å². The van der Waals surface area contributed by atoms with Crippen molar-refractivity contribution in [2.45, 2.75) is 19.8 Å². The highest BCUT2D eigenvalue weighted by Crippen LogP contribution is 2.28. The molecule has 0 amide bonds. The van der Waals surface area contributed by atoms with Crippen LogP contribution >= 0.6 is 34.8 Å². The molecule has 0 unspecified atom stereocenters. The van der Waals surface area contributed by atoms with Crippen LogP contribution in [0.25, 0.3) is 0 Å². The second-order valence-electron chi connectivity index (χ2n) is 5.86. The first kappa shape index (κ1) is 19.7. The van der Waals surface area contributed by atoms with Gasteiger partial charge in [-0.3, -0.25) is 0 Å². The molecular weight excluding hydrogens is 405 g/mol. The van der Waals surface area contributed by atoms with Crippen LogP contribution in [0, 0.1) is 0 Å². The maximum absolute atomic E-state index is 6.29. The molecule has 7 heteroatoms. The third-order valence-electron chi connectivity index (χ3n) is 3.90. The maximum Gasteiger partial charge on any atom is 0.148 e. The van der Waals surface area contributed by atoms with E-state index in [2.05, 4.69) is 15.3 Å². The number of benzene rings is 2. The van der Waals surface area contributed by atoms with Crippen LogP contribution in [-0.4, -0.2) is 16.5 Å². The second kappa shape index (κ2) is 9.27. The van der Waals surface area contributed by atoms with Gasteiger partial charge in [-0.2, -0.15) is 0 Å². The Bertz CT molecular complexity index is 897. The highest BCUT2D eigenvalue weighted by molar-refractivity contribution is 6.34. The molecule has 2 aromatic carbocycles. The van der Waals surface area contributed by atoms with Crippen molar-refractivity contribution in [2.24, 2.45) is 0 Å². The van der Waals surface area contributed by atoms with Gasteiger partial charge in [-0.25, -0.2) is 9.97 Å². The Kier molecular flexibility index (Phi) is 6.78. The van der Waals surface area contributed by atoms with E-state index in [0.717, 1.165) is 24.3 Å². The number of nitrogens with one attached hydrogen (secondary N) is 1. The lowest BCUT2D eigenvalue weighted by Crippen LogP contribution is -2.08. The summed E-state index contributed by atoms with van der Waals surface area (Å²) in [6.45, 7) is 2.73. The quantitative estimate of drug-likeness (QED) is 0.475. The molecule has 0 aliphatic carbocycles. The molecular formula is C20H18Cl3N3O. The largest absolute Gasteiger partial charge is 0.457 e. The number of anilines is 1. The zero-order chi connectivity index (χ0) is 19.2. The molecule has 0 atom stereocenters. The molecule has 140 valence electrons. The number of aryl methyl sites for hydroxylation is 1. The lowest BCUT2D eigenvalue weighted by molar-refractivity contribution is 0.482. The minimum atomic E-state index is 0.537. The molecule has 0 spiro atoms. The first-order chi connectivity index (χ1) is 13.0. The lowest BCUT2D eigenvalue weighted by Gasteiger charge is -2.10. The highest BCUT2D eigenvalue weighted by atomic mass is 35.5. The summed E-state index contributed by atoms with van der Waals surface area (Å²) < 4.78 is 5.79. The summed E-state index contributed by atoms with van der Waals surface area (Å²) in [7, 11) is 0. The van der Waals surface area contributed by atoms with Crippen molar-refractivity contribution in [3.8, 4) is 11.5 Å². The number of rotatable bonds is 7. The van der Waals surface area contributed by atoms with Gasteiger partial charge in [0, 0.05) is 16.6 Å². The summed E-state index contributed by atoms with van der Waals surface area (Å²) in [5.41, 5.74) is 2.01. The molecule has 0 aliphatic heterocycles. The Hall–Kier alpha value is -2.01. The summed E-state index contributed by atoms with van der Waals surface area (Å²) in [6.07, 6.45) is 3.13. The second-order valence-corrected chi connectivity index (χ2v) is 7.12. The fraction of sp³-hybridized carbons (Fsp3) is 0.200. The van der Waals surface area contributed by atoms with Gasteiger partial charge in [0.05, 0.1) is 5.69 Å². The molecule has 0 bridgehead atoms. The van der Waals surface area contributed by atoms with Crippen molar-refractivity contribution in [1.82, 2.24) is 9.97 Å². The van der Waals surface area contributed by atoms with E-state index in [4.69, 9.17) is 39.5 Å². The number of hydrogen-bond acceptors (Lipinski definition) is 4. The van der Waals surface area contributed by atoms with Crippen molar-refractivity contribution < 1.29 is 4.74 Å². The van der Waals surface area contributed by atoms with Crippen molar-refractivity contribution in [3.05, 3.63) is 75.1 Å². The Morgan fingerprint density at radius 2 is 1.63 bits per heavy atom. The van der Waals surface area contributed by atoms with Crippen molar-refractivity contribution in [2.75, 3.05) is 11.9 Å². The predicted molar refractivity (Wildman–Crippen MR) is 112 cm³/mol. The topological polar surface area (TPSA) is 47.0 Å². The maximum atomic E-state index is 6.29. The van der Waals surface area contributed by atoms with Gasteiger partial charge < -0.3 is 10.1 Å². The smallest absolute Gasteiger partial charge is 0.148 e. The molecule has 1 heterocycles. The van der Waals surface area contributed by atoms with E-state index in [1.807, 2.05) is 31.2 Å². The molecule has 3 aromatic rings. The fourth-order valence-electron chi connectivity index (χ4n) is 2.55. The fourth-order valence-corrected chi connectivity index (χ4v) is 3.35. The third kappa shape index (κ3) is 5.48. The van der Waals surface area contributed by atoms with Crippen molar-refractivity contribution >= 4 is 40.6 Å². The van der Waals surface area contributed by atoms with Crippen LogP contribution in [-0.2, 0) is 12.8 Å². The van der Waals surface area contributed by atoms with E-state index in [-0.39, 0.29) is 0 Å². The van der Waals surface area contributed by atoms with Gasteiger partial charge in [0.2, 0.25) is 0 Å². The molecule has 0 radical (unpaired) electrons. The van der Waals surface area contributed by atoms with E-state index in [9.17, 15) is 0 Å². The van der Waals surface area contributed by atoms with Crippen LogP contribution in [0.5, 0.6) is 11.5 Å². The average molecular weight is 423 g/mol. The minimum Gasteiger partial charge on any atom is -0.457 e. The van der Waals surface area contributed by atoms with Crippen LogP contribution < -0.4 is 10.1 Å². The summed E-state index contributed by atoms with van der Waals surface area (Å²) in [6, 6.07) is 13.0. The SMILES string of the molecule is CCc1ncnc(NCCc2ccc(Oc3cc(Cl)cc(Cl)c3)cc2)c1Cl. The van der Waals surface area contributed by atoms with Crippen LogP contribution in [0.2, 0.25) is 15.1 Å². The Morgan fingerprint density at radius 3 is 2.30 bits per heavy atom. The van der Waals surface area contributed by atoms with Gasteiger partial charge in [0.15, 0.2) is 0 Å². The number of halogens is 3. The van der Waals surface area contributed by atoms with Gasteiger partial charge >= 0.3 is 0 Å². The molecule has 4 nitrogen and oxygen atoms in total. The molecule has 27 heavy (non-hydrogen) atoms. The van der Waals surface area contributed by atoms with E-state index in [1.165, 1.54) is 11.9 Å². The summed E-state index contributed by atoms with van der Waals surface area (Å²) in [4.78, 5) is 8.36. The number of nitrogens with zero attached hydrogens (tertiary/aromatic N) is 2. The van der Waals surface area contributed by atoms with Crippen LogP contribution in [0.4, 0.5) is 5.82 Å². The van der Waals surface area contributed by atoms with Gasteiger partial charge in [0.25, 0.3) is 0 Å². The average Bonchev–Trinajstić information content (AvgIpc) is 2.64. The number of aromatic nitrogens is 2. The third-order valence-corrected chi connectivity index (χ3v) is 4.73. The first-order valence-corrected chi connectivity index (χ1v) is 9.64. The monoisotopic (exact) mass is 421 g/mol. The predicted octanol–water partition coefficient (Wildman–Crippen LogP) is 6.45. The highest BCUT2D eigenvalue weighted by Gasteiger charge is 2.07. The zero-order valence-electron chi connectivity index (χ0n) is 14.7. The van der Waals surface area contributed by atoms with Crippen LogP contribution in [0.3, 0.4) is 0 Å². The van der Waals surface area contributed by atoms with E-state index < -0.39 is 0 Å². The zero-order valence-corrected chi connectivity index (χ0v) is 16.9. The molecule has 3 rings (SSSR count). The van der Waals surface area contributed by atoms with Crippen molar-refractivity contribution in [1.29, 1.82) is 0 Å². The van der Waals surface area contributed by atoms with Gasteiger partial charge in [-0.15, -0.1) is 0 Å². The molecule has 0 fully saturated rings. The summed E-state index contributed by atoms with van der Waals surface area (Å²) >= 11 is 18.3. The molecule has 0 aliphatic rings. The standard InChI is InChI=1S/C20H18Cl3N3O/c1-2-18-19(23)20(26-12-25-18)24-8-7-13-3-5-16(6-4-13)27-17-10-14(21)9-15(22)11-17/h3-6,9-12H,2,7-8H2,1H3,(H,24,25,26). The Balaban J connectivity index is 1.56. The van der Waals surface area contributed by atoms with Gasteiger partial charge in [-0.1, -0.05) is 53.9 Å².